The van der Waals surface area contributed by atoms with Gasteiger partial charge in [-0.1, -0.05) is 36.4 Å². The van der Waals surface area contributed by atoms with Crippen molar-refractivity contribution in [2.24, 2.45) is 0 Å². The second kappa shape index (κ2) is 8.04. The van der Waals surface area contributed by atoms with Gasteiger partial charge in [0, 0.05) is 13.1 Å². The SMILES string of the molecule is Cc1cccc(OCc2ccc(-c3nc(C#N)c(N4CCc5ccccc5C4)o3)o2)c1. The number of nitriles is 1. The molecule has 2 aromatic carbocycles. The number of aryl methyl sites for hydroxylation is 1. The number of ether oxygens (including phenoxy) is 1. The summed E-state index contributed by atoms with van der Waals surface area (Å²) < 4.78 is 17.7. The molecule has 0 unspecified atom stereocenters. The van der Waals surface area contributed by atoms with E-state index in [1.165, 1.54) is 11.1 Å². The van der Waals surface area contributed by atoms with Crippen LogP contribution in [0.1, 0.15) is 28.1 Å². The Morgan fingerprint density at radius 2 is 1.94 bits per heavy atom. The van der Waals surface area contributed by atoms with Crippen LogP contribution in [0.3, 0.4) is 0 Å². The maximum Gasteiger partial charge on any atom is 0.266 e. The van der Waals surface area contributed by atoms with Gasteiger partial charge in [0.2, 0.25) is 11.6 Å². The highest BCUT2D eigenvalue weighted by atomic mass is 16.5. The minimum atomic E-state index is 0.267. The van der Waals surface area contributed by atoms with E-state index in [2.05, 4.69) is 34.2 Å². The van der Waals surface area contributed by atoms with Gasteiger partial charge in [-0.25, -0.2) is 0 Å². The van der Waals surface area contributed by atoms with Crippen molar-refractivity contribution in [1.29, 1.82) is 5.26 Å². The molecule has 3 heterocycles. The molecule has 0 atom stereocenters. The van der Waals surface area contributed by atoms with Gasteiger partial charge < -0.3 is 18.5 Å². The van der Waals surface area contributed by atoms with E-state index < -0.39 is 0 Å². The number of benzene rings is 2. The van der Waals surface area contributed by atoms with Crippen molar-refractivity contribution in [3.05, 3.63) is 88.8 Å². The summed E-state index contributed by atoms with van der Waals surface area (Å²) in [6.07, 6.45) is 0.901. The number of fused-ring (bicyclic) bond motifs is 1. The molecule has 1 aliphatic rings. The third kappa shape index (κ3) is 3.90. The molecule has 0 spiro atoms. The van der Waals surface area contributed by atoms with E-state index in [1.54, 1.807) is 6.07 Å². The lowest BCUT2D eigenvalue weighted by Gasteiger charge is -2.28. The molecule has 0 bridgehead atoms. The molecule has 0 saturated heterocycles. The highest BCUT2D eigenvalue weighted by molar-refractivity contribution is 5.57. The first-order valence-electron chi connectivity index (χ1n) is 10.2. The summed E-state index contributed by atoms with van der Waals surface area (Å²) in [5.41, 5.74) is 3.98. The van der Waals surface area contributed by atoms with Gasteiger partial charge in [0.25, 0.3) is 5.89 Å². The van der Waals surface area contributed by atoms with Crippen LogP contribution in [0.2, 0.25) is 0 Å². The van der Waals surface area contributed by atoms with E-state index in [0.717, 1.165) is 24.3 Å². The molecule has 154 valence electrons. The Morgan fingerprint density at radius 3 is 2.77 bits per heavy atom. The van der Waals surface area contributed by atoms with E-state index in [9.17, 15) is 5.26 Å². The number of hydrogen-bond donors (Lipinski definition) is 0. The lowest BCUT2D eigenvalue weighted by Crippen LogP contribution is -2.30. The highest BCUT2D eigenvalue weighted by Gasteiger charge is 2.25. The molecule has 1 aliphatic heterocycles. The number of rotatable bonds is 5. The second-order valence-electron chi connectivity index (χ2n) is 7.60. The normalized spacial score (nSPS) is 13.0. The third-order valence-corrected chi connectivity index (χ3v) is 5.38. The Bertz CT molecular complexity index is 1270. The number of nitrogens with zero attached hydrogens (tertiary/aromatic N) is 3. The molecule has 0 aliphatic carbocycles. The van der Waals surface area contributed by atoms with Crippen molar-refractivity contribution in [3.8, 4) is 23.5 Å². The van der Waals surface area contributed by atoms with E-state index in [0.29, 0.717) is 36.4 Å². The zero-order chi connectivity index (χ0) is 21.2. The predicted molar refractivity (Wildman–Crippen MR) is 116 cm³/mol. The van der Waals surface area contributed by atoms with Crippen molar-refractivity contribution < 1.29 is 13.6 Å². The van der Waals surface area contributed by atoms with E-state index in [-0.39, 0.29) is 5.69 Å². The first-order valence-corrected chi connectivity index (χ1v) is 10.2. The second-order valence-corrected chi connectivity index (χ2v) is 7.60. The molecular weight excluding hydrogens is 390 g/mol. The lowest BCUT2D eigenvalue weighted by atomic mass is 10.00. The summed E-state index contributed by atoms with van der Waals surface area (Å²) in [5, 5.41) is 9.59. The largest absolute Gasteiger partial charge is 0.486 e. The summed E-state index contributed by atoms with van der Waals surface area (Å²) in [4.78, 5) is 6.43. The molecule has 2 aromatic heterocycles. The smallest absolute Gasteiger partial charge is 0.266 e. The van der Waals surface area contributed by atoms with Crippen molar-refractivity contribution in [2.45, 2.75) is 26.5 Å². The molecule has 6 nitrogen and oxygen atoms in total. The minimum Gasteiger partial charge on any atom is -0.486 e. The fourth-order valence-electron chi connectivity index (χ4n) is 3.80. The van der Waals surface area contributed by atoms with Crippen LogP contribution in [0.5, 0.6) is 5.75 Å². The number of oxazole rings is 1. The van der Waals surface area contributed by atoms with E-state index >= 15 is 0 Å². The summed E-state index contributed by atoms with van der Waals surface area (Å²) >= 11 is 0. The first-order chi connectivity index (χ1) is 15.2. The van der Waals surface area contributed by atoms with Gasteiger partial charge in [-0.3, -0.25) is 0 Å². The fourth-order valence-corrected chi connectivity index (χ4v) is 3.80. The summed E-state index contributed by atoms with van der Waals surface area (Å²) in [7, 11) is 0. The van der Waals surface area contributed by atoms with Crippen LogP contribution < -0.4 is 9.64 Å². The molecule has 0 radical (unpaired) electrons. The van der Waals surface area contributed by atoms with E-state index in [4.69, 9.17) is 13.6 Å². The molecule has 0 N–H and O–H groups in total. The summed E-state index contributed by atoms with van der Waals surface area (Å²) in [5.74, 6) is 2.70. The number of hydrogen-bond acceptors (Lipinski definition) is 6. The van der Waals surface area contributed by atoms with Crippen LogP contribution in [0.25, 0.3) is 11.7 Å². The van der Waals surface area contributed by atoms with Gasteiger partial charge in [0.05, 0.1) is 0 Å². The number of furan rings is 1. The van der Waals surface area contributed by atoms with Gasteiger partial charge in [-0.05, 0) is 54.3 Å². The van der Waals surface area contributed by atoms with Crippen LogP contribution in [-0.4, -0.2) is 11.5 Å². The van der Waals surface area contributed by atoms with Crippen LogP contribution in [0.4, 0.5) is 5.88 Å². The number of aromatic nitrogens is 1. The van der Waals surface area contributed by atoms with Crippen LogP contribution >= 0.6 is 0 Å². The van der Waals surface area contributed by atoms with Crippen molar-refractivity contribution in [1.82, 2.24) is 4.98 Å². The Kier molecular flexibility index (Phi) is 4.93. The Morgan fingerprint density at radius 1 is 1.06 bits per heavy atom. The zero-order valence-corrected chi connectivity index (χ0v) is 17.2. The molecule has 0 fully saturated rings. The quantitative estimate of drug-likeness (QED) is 0.446. The van der Waals surface area contributed by atoms with Crippen LogP contribution in [0, 0.1) is 18.3 Å². The van der Waals surface area contributed by atoms with E-state index in [1.807, 2.05) is 43.3 Å². The molecule has 4 aromatic rings. The summed E-state index contributed by atoms with van der Waals surface area (Å²) in [6, 6.07) is 22.0. The maximum absolute atomic E-state index is 9.59. The summed E-state index contributed by atoms with van der Waals surface area (Å²) in [6.45, 7) is 3.78. The molecule has 31 heavy (non-hydrogen) atoms. The minimum absolute atomic E-state index is 0.267. The van der Waals surface area contributed by atoms with Gasteiger partial charge in [0.1, 0.15) is 24.2 Å². The Labute approximate surface area is 180 Å². The van der Waals surface area contributed by atoms with Crippen LogP contribution in [0.15, 0.2) is 69.5 Å². The average molecular weight is 411 g/mol. The molecule has 6 heteroatoms. The lowest BCUT2D eigenvalue weighted by molar-refractivity contribution is 0.271. The highest BCUT2D eigenvalue weighted by Crippen LogP contribution is 2.32. The van der Waals surface area contributed by atoms with Crippen molar-refractivity contribution in [3.63, 3.8) is 0 Å². The van der Waals surface area contributed by atoms with Gasteiger partial charge >= 0.3 is 0 Å². The molecule has 5 rings (SSSR count). The Balaban J connectivity index is 1.34. The van der Waals surface area contributed by atoms with Crippen molar-refractivity contribution in [2.75, 3.05) is 11.4 Å². The molecule has 0 amide bonds. The third-order valence-electron chi connectivity index (χ3n) is 5.38. The standard InChI is InChI=1S/C25H21N3O3/c1-17-5-4-8-20(13-17)29-16-21-9-10-23(30-21)24-27-22(14-26)25(31-24)28-12-11-18-6-2-3-7-19(18)15-28/h2-10,13H,11-12,15-16H2,1H3. The van der Waals surface area contributed by atoms with Gasteiger partial charge in [0.15, 0.2) is 5.76 Å². The molecular formula is C25H21N3O3. The fraction of sp³-hybridized carbons (Fsp3) is 0.200. The van der Waals surface area contributed by atoms with Gasteiger partial charge in [-0.15, -0.1) is 0 Å². The van der Waals surface area contributed by atoms with Gasteiger partial charge in [-0.2, -0.15) is 10.2 Å². The van der Waals surface area contributed by atoms with Crippen LogP contribution in [-0.2, 0) is 19.6 Å². The maximum atomic E-state index is 9.59. The predicted octanol–water partition coefficient (Wildman–Crippen LogP) is 5.26. The monoisotopic (exact) mass is 411 g/mol. The number of anilines is 1. The van der Waals surface area contributed by atoms with Crippen molar-refractivity contribution >= 4 is 5.88 Å². The topological polar surface area (TPSA) is 75.4 Å². The Hall–Kier alpha value is -3.98. The first kappa shape index (κ1) is 19.0. The zero-order valence-electron chi connectivity index (χ0n) is 17.2. The molecule has 0 saturated carbocycles. The average Bonchev–Trinajstić information content (AvgIpc) is 3.44.